The van der Waals surface area contributed by atoms with Crippen molar-refractivity contribution in [2.24, 2.45) is 0 Å². The van der Waals surface area contributed by atoms with E-state index in [-0.39, 0.29) is 18.4 Å². The normalized spacial score (nSPS) is 18.1. The number of carbonyl (C=O) groups is 2. The monoisotopic (exact) mass is 322 g/mol. The number of aromatic nitrogens is 1. The van der Waals surface area contributed by atoms with Crippen LogP contribution in [-0.4, -0.2) is 39.5 Å². The Morgan fingerprint density at radius 3 is 3.00 bits per heavy atom. The first-order valence-corrected chi connectivity index (χ1v) is 8.48. The third-order valence-electron chi connectivity index (χ3n) is 3.54. The fourth-order valence-electron chi connectivity index (χ4n) is 2.55. The number of rotatable bonds is 4. The number of carboxylic acids is 1. The summed E-state index contributed by atoms with van der Waals surface area (Å²) >= 11 is 3.03. The van der Waals surface area contributed by atoms with Crippen LogP contribution in [0.3, 0.4) is 0 Å². The molecule has 3 heterocycles. The molecule has 1 unspecified atom stereocenters. The van der Waals surface area contributed by atoms with Gasteiger partial charge in [0.1, 0.15) is 10.7 Å². The van der Waals surface area contributed by atoms with E-state index >= 15 is 0 Å². The smallest absolute Gasteiger partial charge is 0.305 e. The van der Waals surface area contributed by atoms with Crippen LogP contribution in [0.25, 0.3) is 10.6 Å². The molecule has 2 aromatic rings. The number of carbonyl (C=O) groups excluding carboxylic acids is 1. The summed E-state index contributed by atoms with van der Waals surface area (Å²) in [5, 5.41) is 15.5. The second-order valence-corrected chi connectivity index (χ2v) is 6.58. The first-order chi connectivity index (χ1) is 10.1. The minimum atomic E-state index is -0.864. The van der Waals surface area contributed by atoms with Gasteiger partial charge in [0.05, 0.1) is 6.42 Å². The van der Waals surface area contributed by atoms with Gasteiger partial charge in [-0.25, -0.2) is 4.98 Å². The maximum atomic E-state index is 12.5. The summed E-state index contributed by atoms with van der Waals surface area (Å²) < 4.78 is 0. The van der Waals surface area contributed by atoms with Gasteiger partial charge in [0, 0.05) is 28.9 Å². The molecular weight excluding hydrogens is 308 g/mol. The highest BCUT2D eigenvalue weighted by molar-refractivity contribution is 7.14. The second kappa shape index (κ2) is 5.95. The molecule has 1 aliphatic heterocycles. The van der Waals surface area contributed by atoms with E-state index in [2.05, 4.69) is 4.98 Å². The summed E-state index contributed by atoms with van der Waals surface area (Å²) in [5.41, 5.74) is 1.44. The third kappa shape index (κ3) is 2.98. The molecule has 7 heteroatoms. The summed E-state index contributed by atoms with van der Waals surface area (Å²) in [7, 11) is 0. The lowest BCUT2D eigenvalue weighted by molar-refractivity contribution is -0.137. The summed E-state index contributed by atoms with van der Waals surface area (Å²) in [6.07, 6.45) is 1.61. The summed E-state index contributed by atoms with van der Waals surface area (Å²) in [6, 6.07) is 1.77. The van der Waals surface area contributed by atoms with Gasteiger partial charge in [0.15, 0.2) is 0 Å². The van der Waals surface area contributed by atoms with Crippen molar-refractivity contribution < 1.29 is 14.7 Å². The number of aliphatic carboxylic acids is 1. The van der Waals surface area contributed by atoms with Crippen molar-refractivity contribution in [2.45, 2.75) is 25.3 Å². The molecule has 1 saturated heterocycles. The Morgan fingerprint density at radius 2 is 2.29 bits per heavy atom. The summed E-state index contributed by atoms with van der Waals surface area (Å²) in [5.74, 6) is -1.02. The minimum Gasteiger partial charge on any atom is -0.481 e. The van der Waals surface area contributed by atoms with Crippen LogP contribution in [-0.2, 0) is 4.79 Å². The maximum absolute atomic E-state index is 12.5. The van der Waals surface area contributed by atoms with Gasteiger partial charge in [-0.05, 0) is 24.3 Å². The Bertz CT molecular complexity index is 651. The lowest BCUT2D eigenvalue weighted by Gasteiger charge is -2.22. The zero-order chi connectivity index (χ0) is 14.8. The largest absolute Gasteiger partial charge is 0.481 e. The minimum absolute atomic E-state index is 0.00721. The number of carboxylic acid groups (broad SMARTS) is 1. The van der Waals surface area contributed by atoms with Gasteiger partial charge in [-0.2, -0.15) is 11.3 Å². The second-order valence-electron chi connectivity index (χ2n) is 4.94. The molecule has 0 aliphatic carbocycles. The average Bonchev–Trinajstić information content (AvgIpc) is 3.18. The number of thiophene rings is 1. The predicted octanol–water partition coefficient (Wildman–Crippen LogP) is 2.95. The molecule has 0 aromatic carbocycles. The molecule has 110 valence electrons. The number of thiazole rings is 1. The van der Waals surface area contributed by atoms with Crippen molar-refractivity contribution in [2.75, 3.05) is 6.54 Å². The Balaban J connectivity index is 1.77. The molecule has 0 bridgehead atoms. The van der Waals surface area contributed by atoms with Crippen LogP contribution >= 0.6 is 22.7 Å². The highest BCUT2D eigenvalue weighted by Crippen LogP contribution is 2.28. The molecule has 0 radical (unpaired) electrons. The number of hydrogen-bond acceptors (Lipinski definition) is 5. The van der Waals surface area contributed by atoms with Gasteiger partial charge in [-0.3, -0.25) is 9.59 Å². The van der Waals surface area contributed by atoms with Crippen molar-refractivity contribution >= 4 is 34.6 Å². The Morgan fingerprint density at radius 1 is 1.43 bits per heavy atom. The van der Waals surface area contributed by atoms with E-state index in [4.69, 9.17) is 5.11 Å². The molecule has 0 saturated carbocycles. The van der Waals surface area contributed by atoms with Crippen molar-refractivity contribution in [3.05, 3.63) is 27.9 Å². The molecule has 3 rings (SSSR count). The molecule has 1 fully saturated rings. The van der Waals surface area contributed by atoms with Crippen LogP contribution in [0.1, 0.15) is 29.8 Å². The third-order valence-corrected chi connectivity index (χ3v) is 5.11. The van der Waals surface area contributed by atoms with E-state index < -0.39 is 5.97 Å². The zero-order valence-corrected chi connectivity index (χ0v) is 12.8. The van der Waals surface area contributed by atoms with Crippen LogP contribution in [0.15, 0.2) is 22.2 Å². The van der Waals surface area contributed by atoms with Crippen LogP contribution < -0.4 is 0 Å². The fourth-order valence-corrected chi connectivity index (χ4v) is 4.06. The Kier molecular flexibility index (Phi) is 4.03. The van der Waals surface area contributed by atoms with Crippen LogP contribution in [0.2, 0.25) is 0 Å². The first kappa shape index (κ1) is 14.2. The number of hydrogen-bond donors (Lipinski definition) is 1. The van der Waals surface area contributed by atoms with Crippen LogP contribution in [0.4, 0.5) is 0 Å². The van der Waals surface area contributed by atoms with Gasteiger partial charge >= 0.3 is 5.97 Å². The topological polar surface area (TPSA) is 70.5 Å². The summed E-state index contributed by atoms with van der Waals surface area (Å²) in [4.78, 5) is 29.4. The van der Waals surface area contributed by atoms with E-state index in [1.807, 2.05) is 16.8 Å². The SMILES string of the molecule is O=C(O)CC1CCCN1C(=O)c1csc(-c2ccsc2)n1. The first-order valence-electron chi connectivity index (χ1n) is 6.66. The van der Waals surface area contributed by atoms with Crippen molar-refractivity contribution in [1.82, 2.24) is 9.88 Å². The molecular formula is C14H14N2O3S2. The van der Waals surface area contributed by atoms with Gasteiger partial charge in [0.2, 0.25) is 0 Å². The fraction of sp³-hybridized carbons (Fsp3) is 0.357. The van der Waals surface area contributed by atoms with Crippen molar-refractivity contribution in [3.63, 3.8) is 0 Å². The van der Waals surface area contributed by atoms with E-state index in [1.54, 1.807) is 21.6 Å². The average molecular weight is 322 g/mol. The Hall–Kier alpha value is -1.73. The molecule has 1 N–H and O–H groups in total. The molecule has 1 amide bonds. The van der Waals surface area contributed by atoms with Gasteiger partial charge in [0.25, 0.3) is 5.91 Å². The quantitative estimate of drug-likeness (QED) is 0.939. The van der Waals surface area contributed by atoms with Gasteiger partial charge < -0.3 is 10.0 Å². The maximum Gasteiger partial charge on any atom is 0.305 e. The highest BCUT2D eigenvalue weighted by atomic mass is 32.1. The van der Waals surface area contributed by atoms with E-state index in [0.29, 0.717) is 12.2 Å². The Labute approximate surface area is 129 Å². The number of likely N-dealkylation sites (tertiary alicyclic amines) is 1. The molecule has 1 atom stereocenters. The molecule has 0 spiro atoms. The van der Waals surface area contributed by atoms with Gasteiger partial charge in [-0.15, -0.1) is 11.3 Å². The predicted molar refractivity (Wildman–Crippen MR) is 81.7 cm³/mol. The van der Waals surface area contributed by atoms with E-state index in [0.717, 1.165) is 23.4 Å². The van der Waals surface area contributed by atoms with Crippen molar-refractivity contribution in [3.8, 4) is 10.6 Å². The zero-order valence-electron chi connectivity index (χ0n) is 11.2. The summed E-state index contributed by atoms with van der Waals surface area (Å²) in [6.45, 7) is 0.613. The molecule has 1 aliphatic rings. The molecule has 5 nitrogen and oxygen atoms in total. The van der Waals surface area contributed by atoms with E-state index in [1.165, 1.54) is 11.3 Å². The highest BCUT2D eigenvalue weighted by Gasteiger charge is 2.32. The van der Waals surface area contributed by atoms with Gasteiger partial charge in [-0.1, -0.05) is 0 Å². The lowest BCUT2D eigenvalue weighted by atomic mass is 10.1. The van der Waals surface area contributed by atoms with Crippen molar-refractivity contribution in [1.29, 1.82) is 0 Å². The lowest BCUT2D eigenvalue weighted by Crippen LogP contribution is -2.37. The molecule has 21 heavy (non-hydrogen) atoms. The number of nitrogens with zero attached hydrogens (tertiary/aromatic N) is 2. The molecule has 2 aromatic heterocycles. The van der Waals surface area contributed by atoms with E-state index in [9.17, 15) is 9.59 Å². The number of amides is 1. The van der Waals surface area contributed by atoms with Crippen LogP contribution in [0.5, 0.6) is 0 Å². The van der Waals surface area contributed by atoms with Crippen LogP contribution in [0, 0.1) is 0 Å². The standard InChI is InChI=1S/C14H14N2O3S2/c17-12(18)6-10-2-1-4-16(10)14(19)11-8-21-13(15-11)9-3-5-20-7-9/h3,5,7-8,10H,1-2,4,6H2,(H,17,18).